The highest BCUT2D eigenvalue weighted by atomic mass is 16.4. The van der Waals surface area contributed by atoms with Crippen LogP contribution < -0.4 is 0 Å². The fraction of sp³-hybridized carbons (Fsp3) is 0.471. The predicted octanol–water partition coefficient (Wildman–Crippen LogP) is 4.76. The van der Waals surface area contributed by atoms with Crippen molar-refractivity contribution in [2.24, 2.45) is 11.8 Å². The van der Waals surface area contributed by atoms with Gasteiger partial charge in [0.1, 0.15) is 0 Å². The molecule has 2 unspecified atom stereocenters. The van der Waals surface area contributed by atoms with E-state index < -0.39 is 5.97 Å². The molecule has 0 bridgehead atoms. The predicted molar refractivity (Wildman–Crippen MR) is 82.0 cm³/mol. The Morgan fingerprint density at radius 2 is 1.79 bits per heavy atom. The molecule has 106 valence electrons. The number of carbonyl (C=O) groups is 1. The minimum absolute atomic E-state index is 0.408. The summed E-state index contributed by atoms with van der Waals surface area (Å²) < 4.78 is 0. The fourth-order valence-corrected chi connectivity index (χ4v) is 1.36. The van der Waals surface area contributed by atoms with Crippen molar-refractivity contribution < 1.29 is 9.90 Å². The molecule has 0 aromatic heterocycles. The molecule has 2 atom stereocenters. The Kier molecular flexibility index (Phi) is 9.51. The van der Waals surface area contributed by atoms with E-state index >= 15 is 0 Å². The average molecular weight is 262 g/mol. The molecule has 0 aliphatic rings. The van der Waals surface area contributed by atoms with Crippen LogP contribution in [0.2, 0.25) is 0 Å². The smallest absolute Gasteiger partial charge is 0.328 e. The first-order valence-corrected chi connectivity index (χ1v) is 6.88. The molecule has 2 nitrogen and oxygen atoms in total. The molecule has 19 heavy (non-hydrogen) atoms. The van der Waals surface area contributed by atoms with Gasteiger partial charge >= 0.3 is 5.97 Å². The van der Waals surface area contributed by atoms with Crippen LogP contribution in [-0.4, -0.2) is 11.1 Å². The van der Waals surface area contributed by atoms with E-state index in [-0.39, 0.29) is 0 Å². The molecule has 0 aromatic rings. The summed E-state index contributed by atoms with van der Waals surface area (Å²) in [6.45, 7) is 8.63. The second-order valence-corrected chi connectivity index (χ2v) is 4.99. The second-order valence-electron chi connectivity index (χ2n) is 4.99. The van der Waals surface area contributed by atoms with E-state index in [1.807, 2.05) is 6.08 Å². The molecule has 0 radical (unpaired) electrons. The molecule has 1 N–H and O–H groups in total. The molecule has 0 spiro atoms. The van der Waals surface area contributed by atoms with E-state index in [1.54, 1.807) is 12.2 Å². The average Bonchev–Trinajstić information content (AvgIpc) is 2.38. The SMILES string of the molecule is CCC(C)C=CC(C)=CCC(C)C=CC=CC(=O)O. The Morgan fingerprint density at radius 1 is 1.11 bits per heavy atom. The first-order valence-electron chi connectivity index (χ1n) is 6.88. The summed E-state index contributed by atoms with van der Waals surface area (Å²) in [6.07, 6.45) is 15.3. The number of rotatable bonds is 8. The lowest BCUT2D eigenvalue weighted by Crippen LogP contribution is -1.88. The van der Waals surface area contributed by atoms with Gasteiger partial charge in [0.05, 0.1) is 0 Å². The number of hydrogen-bond donors (Lipinski definition) is 1. The van der Waals surface area contributed by atoms with Crippen LogP contribution in [0, 0.1) is 11.8 Å². The van der Waals surface area contributed by atoms with Gasteiger partial charge < -0.3 is 5.11 Å². The second kappa shape index (κ2) is 10.4. The van der Waals surface area contributed by atoms with E-state index in [1.165, 1.54) is 12.0 Å². The van der Waals surface area contributed by atoms with Crippen LogP contribution in [0.5, 0.6) is 0 Å². The van der Waals surface area contributed by atoms with Crippen molar-refractivity contribution in [1.29, 1.82) is 0 Å². The lowest BCUT2D eigenvalue weighted by Gasteiger charge is -2.02. The minimum Gasteiger partial charge on any atom is -0.478 e. The van der Waals surface area contributed by atoms with Crippen LogP contribution in [0.15, 0.2) is 48.1 Å². The molecule has 0 fully saturated rings. The van der Waals surface area contributed by atoms with E-state index in [2.05, 4.69) is 45.9 Å². The lowest BCUT2D eigenvalue weighted by molar-refractivity contribution is -0.131. The van der Waals surface area contributed by atoms with Crippen molar-refractivity contribution in [3.05, 3.63) is 48.1 Å². The first-order chi connectivity index (χ1) is 8.95. The normalized spacial score (nSPS) is 16.5. The molecule has 0 heterocycles. The third-order valence-corrected chi connectivity index (χ3v) is 2.93. The monoisotopic (exact) mass is 262 g/mol. The summed E-state index contributed by atoms with van der Waals surface area (Å²) in [6, 6.07) is 0. The zero-order valence-electron chi connectivity index (χ0n) is 12.5. The van der Waals surface area contributed by atoms with Crippen molar-refractivity contribution in [2.45, 2.75) is 40.5 Å². The quantitative estimate of drug-likeness (QED) is 0.506. The van der Waals surface area contributed by atoms with Crippen LogP contribution in [0.4, 0.5) is 0 Å². The van der Waals surface area contributed by atoms with Crippen molar-refractivity contribution >= 4 is 5.97 Å². The van der Waals surface area contributed by atoms with Gasteiger partial charge in [-0.25, -0.2) is 4.79 Å². The summed E-state index contributed by atoms with van der Waals surface area (Å²) in [5, 5.41) is 8.44. The highest BCUT2D eigenvalue weighted by Crippen LogP contribution is 2.10. The fourth-order valence-electron chi connectivity index (χ4n) is 1.36. The number of allylic oxidation sites excluding steroid dienone is 7. The van der Waals surface area contributed by atoms with Gasteiger partial charge in [0.15, 0.2) is 0 Å². The Labute approximate surface area is 117 Å². The maximum Gasteiger partial charge on any atom is 0.328 e. The topological polar surface area (TPSA) is 37.3 Å². The molecule has 0 saturated heterocycles. The van der Waals surface area contributed by atoms with E-state index in [4.69, 9.17) is 5.11 Å². The maximum absolute atomic E-state index is 10.3. The van der Waals surface area contributed by atoms with Crippen LogP contribution in [0.25, 0.3) is 0 Å². The molecule has 0 saturated carbocycles. The summed E-state index contributed by atoms with van der Waals surface area (Å²) in [5.74, 6) is 0.121. The van der Waals surface area contributed by atoms with Crippen molar-refractivity contribution in [3.8, 4) is 0 Å². The summed E-state index contributed by atoms with van der Waals surface area (Å²) in [7, 11) is 0. The van der Waals surface area contributed by atoms with Gasteiger partial charge in [-0.15, -0.1) is 0 Å². The lowest BCUT2D eigenvalue weighted by atomic mass is 10.0. The van der Waals surface area contributed by atoms with Crippen LogP contribution in [0.3, 0.4) is 0 Å². The molecule has 0 rings (SSSR count). The van der Waals surface area contributed by atoms with Crippen LogP contribution in [-0.2, 0) is 4.79 Å². The molecule has 0 amide bonds. The van der Waals surface area contributed by atoms with Crippen LogP contribution in [0.1, 0.15) is 40.5 Å². The van der Waals surface area contributed by atoms with Crippen molar-refractivity contribution in [3.63, 3.8) is 0 Å². The standard InChI is InChI=1S/C17H26O2/c1-5-14(2)10-11-16(4)13-12-15(3)8-6-7-9-17(18)19/h6-11,13-15H,5,12H2,1-4H3,(H,18,19). The number of hydrogen-bond acceptors (Lipinski definition) is 1. The molecule has 2 heteroatoms. The van der Waals surface area contributed by atoms with E-state index in [0.717, 1.165) is 12.5 Å². The molecule has 0 aliphatic heterocycles. The largest absolute Gasteiger partial charge is 0.478 e. The Balaban J connectivity index is 4.16. The molecule has 0 aromatic carbocycles. The minimum atomic E-state index is -0.914. The van der Waals surface area contributed by atoms with Gasteiger partial charge in [-0.3, -0.25) is 0 Å². The number of aliphatic carboxylic acids is 1. The van der Waals surface area contributed by atoms with Crippen molar-refractivity contribution in [1.82, 2.24) is 0 Å². The zero-order valence-corrected chi connectivity index (χ0v) is 12.5. The van der Waals surface area contributed by atoms with Gasteiger partial charge in [0.25, 0.3) is 0 Å². The Hall–Kier alpha value is -1.57. The van der Waals surface area contributed by atoms with Gasteiger partial charge in [0.2, 0.25) is 0 Å². The van der Waals surface area contributed by atoms with Gasteiger partial charge in [0, 0.05) is 6.08 Å². The van der Waals surface area contributed by atoms with Gasteiger partial charge in [-0.05, 0) is 25.2 Å². The zero-order chi connectivity index (χ0) is 14.7. The summed E-state index contributed by atoms with van der Waals surface area (Å²) in [4.78, 5) is 10.3. The molecule has 0 aliphatic carbocycles. The van der Waals surface area contributed by atoms with Crippen molar-refractivity contribution in [2.75, 3.05) is 0 Å². The van der Waals surface area contributed by atoms with Crippen LogP contribution >= 0.6 is 0 Å². The summed E-state index contributed by atoms with van der Waals surface area (Å²) in [5.41, 5.74) is 1.28. The van der Waals surface area contributed by atoms with E-state index in [0.29, 0.717) is 11.8 Å². The third-order valence-electron chi connectivity index (χ3n) is 2.93. The van der Waals surface area contributed by atoms with E-state index in [9.17, 15) is 4.79 Å². The number of carboxylic acids is 1. The Morgan fingerprint density at radius 3 is 2.37 bits per heavy atom. The number of carboxylic acid groups (broad SMARTS) is 1. The maximum atomic E-state index is 10.3. The highest BCUT2D eigenvalue weighted by Gasteiger charge is 1.94. The Bertz CT molecular complexity index is 373. The third kappa shape index (κ3) is 11.3. The molecular formula is C17H26O2. The molecular weight excluding hydrogens is 236 g/mol. The van der Waals surface area contributed by atoms with Gasteiger partial charge in [-0.2, -0.15) is 0 Å². The highest BCUT2D eigenvalue weighted by molar-refractivity contribution is 5.80. The first kappa shape index (κ1) is 17.4. The summed E-state index contributed by atoms with van der Waals surface area (Å²) >= 11 is 0. The van der Waals surface area contributed by atoms with Gasteiger partial charge in [-0.1, -0.05) is 69.2 Å².